The van der Waals surface area contributed by atoms with Gasteiger partial charge < -0.3 is 4.74 Å². The third kappa shape index (κ3) is 3.32. The van der Waals surface area contributed by atoms with Gasteiger partial charge in [0.15, 0.2) is 0 Å². The SMILES string of the molecule is O=S(=O)(NC1CCCCCC1)N1CCOc2ccccc21. The first-order valence-corrected chi connectivity index (χ1v) is 9.13. The number of nitrogens with one attached hydrogen (secondary N) is 1. The molecule has 1 saturated carbocycles. The van der Waals surface area contributed by atoms with Crippen molar-refractivity contribution in [3.8, 4) is 5.75 Å². The molecule has 6 heteroatoms. The molecule has 0 amide bonds. The van der Waals surface area contributed by atoms with Crippen molar-refractivity contribution in [2.45, 2.75) is 44.6 Å². The van der Waals surface area contributed by atoms with Gasteiger partial charge in [0.25, 0.3) is 0 Å². The monoisotopic (exact) mass is 310 g/mol. The fourth-order valence-corrected chi connectivity index (χ4v) is 4.57. The first kappa shape index (κ1) is 14.7. The van der Waals surface area contributed by atoms with E-state index >= 15 is 0 Å². The quantitative estimate of drug-likeness (QED) is 0.872. The van der Waals surface area contributed by atoms with E-state index < -0.39 is 10.2 Å². The van der Waals surface area contributed by atoms with Gasteiger partial charge in [0, 0.05) is 6.04 Å². The Bertz CT molecular complexity index is 580. The van der Waals surface area contributed by atoms with Crippen LogP contribution in [0.15, 0.2) is 24.3 Å². The van der Waals surface area contributed by atoms with Gasteiger partial charge in [-0.05, 0) is 25.0 Å². The Morgan fingerprint density at radius 3 is 2.57 bits per heavy atom. The summed E-state index contributed by atoms with van der Waals surface area (Å²) in [4.78, 5) is 0. The van der Waals surface area contributed by atoms with Gasteiger partial charge >= 0.3 is 10.2 Å². The Hall–Kier alpha value is -1.27. The topological polar surface area (TPSA) is 58.6 Å². The van der Waals surface area contributed by atoms with Gasteiger partial charge in [-0.2, -0.15) is 13.1 Å². The highest BCUT2D eigenvalue weighted by Gasteiger charge is 2.30. The highest BCUT2D eigenvalue weighted by molar-refractivity contribution is 7.90. The second-order valence-corrected chi connectivity index (χ2v) is 7.33. The molecule has 2 aliphatic rings. The smallest absolute Gasteiger partial charge is 0.302 e. The third-order valence-corrected chi connectivity index (χ3v) is 5.74. The van der Waals surface area contributed by atoms with E-state index in [1.807, 2.05) is 18.2 Å². The van der Waals surface area contributed by atoms with Crippen LogP contribution < -0.4 is 13.8 Å². The maximum atomic E-state index is 12.7. The van der Waals surface area contributed by atoms with E-state index in [0.29, 0.717) is 24.6 Å². The molecule has 3 rings (SSSR count). The fraction of sp³-hybridized carbons (Fsp3) is 0.600. The highest BCUT2D eigenvalue weighted by atomic mass is 32.2. The number of fused-ring (bicyclic) bond motifs is 1. The molecule has 0 spiro atoms. The van der Waals surface area contributed by atoms with E-state index in [9.17, 15) is 8.42 Å². The summed E-state index contributed by atoms with van der Waals surface area (Å²) in [5.74, 6) is 0.634. The first-order valence-electron chi connectivity index (χ1n) is 7.69. The Kier molecular flexibility index (Phi) is 4.35. The molecule has 21 heavy (non-hydrogen) atoms. The van der Waals surface area contributed by atoms with Crippen molar-refractivity contribution in [2.75, 3.05) is 17.5 Å². The van der Waals surface area contributed by atoms with Gasteiger partial charge in [-0.25, -0.2) is 0 Å². The zero-order chi connectivity index (χ0) is 14.7. The molecule has 1 aliphatic carbocycles. The van der Waals surface area contributed by atoms with E-state index in [4.69, 9.17) is 4.74 Å². The molecule has 1 heterocycles. The van der Waals surface area contributed by atoms with Crippen LogP contribution in [-0.4, -0.2) is 27.6 Å². The molecule has 0 bridgehead atoms. The molecular weight excluding hydrogens is 288 g/mol. The molecule has 1 aliphatic heterocycles. The summed E-state index contributed by atoms with van der Waals surface area (Å²) in [6.45, 7) is 0.752. The van der Waals surface area contributed by atoms with Gasteiger partial charge in [-0.1, -0.05) is 37.8 Å². The molecule has 0 atom stereocenters. The van der Waals surface area contributed by atoms with Crippen LogP contribution in [0.2, 0.25) is 0 Å². The average Bonchev–Trinajstić information content (AvgIpc) is 2.75. The van der Waals surface area contributed by atoms with Gasteiger partial charge in [0.2, 0.25) is 0 Å². The van der Waals surface area contributed by atoms with Crippen molar-refractivity contribution in [3.05, 3.63) is 24.3 Å². The molecular formula is C15H22N2O3S. The number of nitrogens with zero attached hydrogens (tertiary/aromatic N) is 1. The largest absolute Gasteiger partial charge is 0.489 e. The standard InChI is InChI=1S/C15H22N2O3S/c18-21(19,16-13-7-3-1-2-4-8-13)17-11-12-20-15-10-6-5-9-14(15)17/h5-6,9-10,13,16H,1-4,7-8,11-12H2. The normalized spacial score (nSPS) is 20.5. The third-order valence-electron chi connectivity index (χ3n) is 4.15. The van der Waals surface area contributed by atoms with Crippen LogP contribution in [0.1, 0.15) is 38.5 Å². The lowest BCUT2D eigenvalue weighted by Crippen LogP contribution is -2.48. The van der Waals surface area contributed by atoms with Crippen LogP contribution >= 0.6 is 0 Å². The lowest BCUT2D eigenvalue weighted by Gasteiger charge is -2.31. The zero-order valence-electron chi connectivity index (χ0n) is 12.1. The zero-order valence-corrected chi connectivity index (χ0v) is 12.9. The van der Waals surface area contributed by atoms with Gasteiger partial charge in [-0.15, -0.1) is 0 Å². The van der Waals surface area contributed by atoms with E-state index in [1.165, 1.54) is 17.1 Å². The summed E-state index contributed by atoms with van der Waals surface area (Å²) < 4.78 is 35.2. The number of para-hydroxylation sites is 2. The summed E-state index contributed by atoms with van der Waals surface area (Å²) >= 11 is 0. The van der Waals surface area contributed by atoms with Crippen molar-refractivity contribution in [2.24, 2.45) is 0 Å². The van der Waals surface area contributed by atoms with E-state index in [-0.39, 0.29) is 6.04 Å². The Balaban J connectivity index is 1.79. The minimum atomic E-state index is -3.51. The predicted molar refractivity (Wildman–Crippen MR) is 82.8 cm³/mol. The second-order valence-electron chi connectivity index (χ2n) is 5.70. The summed E-state index contributed by atoms with van der Waals surface area (Å²) in [5.41, 5.74) is 0.630. The van der Waals surface area contributed by atoms with Crippen LogP contribution in [-0.2, 0) is 10.2 Å². The summed E-state index contributed by atoms with van der Waals surface area (Å²) in [5, 5.41) is 0. The lowest BCUT2D eigenvalue weighted by atomic mass is 10.1. The van der Waals surface area contributed by atoms with Crippen LogP contribution in [0, 0.1) is 0 Å². The number of ether oxygens (including phenoxy) is 1. The molecule has 0 radical (unpaired) electrons. The average molecular weight is 310 g/mol. The van der Waals surface area contributed by atoms with Crippen LogP contribution in [0.3, 0.4) is 0 Å². The van der Waals surface area contributed by atoms with Gasteiger partial charge in [0.1, 0.15) is 12.4 Å². The molecule has 0 saturated heterocycles. The second kappa shape index (κ2) is 6.23. The fourth-order valence-electron chi connectivity index (χ4n) is 3.07. The molecule has 116 valence electrons. The first-order chi connectivity index (χ1) is 10.2. The highest BCUT2D eigenvalue weighted by Crippen LogP contribution is 2.32. The molecule has 5 nitrogen and oxygen atoms in total. The molecule has 1 aromatic rings. The number of benzene rings is 1. The van der Waals surface area contributed by atoms with Crippen LogP contribution in [0.25, 0.3) is 0 Å². The van der Waals surface area contributed by atoms with Crippen LogP contribution in [0.5, 0.6) is 5.75 Å². The maximum absolute atomic E-state index is 12.7. The van der Waals surface area contributed by atoms with Crippen LogP contribution in [0.4, 0.5) is 5.69 Å². The Labute approximate surface area is 126 Å². The maximum Gasteiger partial charge on any atom is 0.302 e. The summed E-state index contributed by atoms with van der Waals surface area (Å²) in [6, 6.07) is 7.35. The van der Waals surface area contributed by atoms with Crippen molar-refractivity contribution in [1.29, 1.82) is 0 Å². The summed E-state index contributed by atoms with van der Waals surface area (Å²) in [6.07, 6.45) is 6.49. The molecule has 1 N–H and O–H groups in total. The molecule has 1 fully saturated rings. The van der Waals surface area contributed by atoms with E-state index in [0.717, 1.165) is 25.7 Å². The summed E-state index contributed by atoms with van der Waals surface area (Å²) in [7, 11) is -3.51. The minimum absolute atomic E-state index is 0.0625. The Morgan fingerprint density at radius 2 is 1.81 bits per heavy atom. The number of hydrogen-bond donors (Lipinski definition) is 1. The molecule has 0 aromatic heterocycles. The van der Waals surface area contributed by atoms with Crippen molar-refractivity contribution in [3.63, 3.8) is 0 Å². The Morgan fingerprint density at radius 1 is 1.10 bits per heavy atom. The number of anilines is 1. The van der Waals surface area contributed by atoms with Crippen molar-refractivity contribution >= 4 is 15.9 Å². The molecule has 1 aromatic carbocycles. The molecule has 0 unspecified atom stereocenters. The lowest BCUT2D eigenvalue weighted by molar-refractivity contribution is 0.315. The number of hydrogen-bond acceptors (Lipinski definition) is 3. The van der Waals surface area contributed by atoms with E-state index in [2.05, 4.69) is 4.72 Å². The van der Waals surface area contributed by atoms with Crippen molar-refractivity contribution < 1.29 is 13.2 Å². The minimum Gasteiger partial charge on any atom is -0.489 e. The van der Waals surface area contributed by atoms with Crippen molar-refractivity contribution in [1.82, 2.24) is 4.72 Å². The van der Waals surface area contributed by atoms with E-state index in [1.54, 1.807) is 6.07 Å². The van der Waals surface area contributed by atoms with Gasteiger partial charge in [-0.3, -0.25) is 4.31 Å². The number of rotatable bonds is 3. The predicted octanol–water partition coefficient (Wildman–Crippen LogP) is 2.44. The van der Waals surface area contributed by atoms with Gasteiger partial charge in [0.05, 0.1) is 12.2 Å².